The van der Waals surface area contributed by atoms with Crippen LogP contribution in [0.3, 0.4) is 0 Å². The quantitative estimate of drug-likeness (QED) is 0.487. The monoisotopic (exact) mass is 406 g/mol. The van der Waals surface area contributed by atoms with Crippen molar-refractivity contribution in [3.8, 4) is 5.88 Å². The second-order valence-electron chi connectivity index (χ2n) is 7.23. The molecule has 154 valence electrons. The van der Waals surface area contributed by atoms with E-state index in [1.54, 1.807) is 18.3 Å². The number of nitrogens with one attached hydrogen (secondary N) is 3. The van der Waals surface area contributed by atoms with Gasteiger partial charge in [0.1, 0.15) is 6.04 Å². The number of urea groups is 1. The number of amides is 4. The number of carbonyl (C=O) groups is 3. The molecule has 1 aliphatic heterocycles. The van der Waals surface area contributed by atoms with E-state index in [0.29, 0.717) is 18.4 Å². The maximum absolute atomic E-state index is 12.2. The third-order valence-corrected chi connectivity index (χ3v) is 5.23. The summed E-state index contributed by atoms with van der Waals surface area (Å²) in [4.78, 5) is 35.8. The molecule has 1 atom stereocenters. The van der Waals surface area contributed by atoms with Gasteiger partial charge in [-0.1, -0.05) is 42.5 Å². The molecule has 8 heteroatoms. The Morgan fingerprint density at radius 3 is 2.57 bits per heavy atom. The van der Waals surface area contributed by atoms with Crippen LogP contribution in [0.15, 0.2) is 54.7 Å². The van der Waals surface area contributed by atoms with Crippen LogP contribution in [0.4, 0.5) is 4.79 Å². The standard InChI is InChI=1S/C22H22N4O4/c27-19-10-9-18(20(28)25-19)26-13-17-15(7-4-8-16(17)21(26)29)12-24-22(30)23-11-14-5-2-1-3-6-14/h1-8,13,18,29H,9-12H2,(H2,23,24,30)(H,25,27,28). The zero-order valence-corrected chi connectivity index (χ0v) is 16.2. The molecule has 3 aromatic rings. The predicted octanol–water partition coefficient (Wildman–Crippen LogP) is 2.32. The van der Waals surface area contributed by atoms with Crippen LogP contribution in [0.2, 0.25) is 0 Å². The number of hydrogen-bond donors (Lipinski definition) is 4. The highest BCUT2D eigenvalue weighted by atomic mass is 16.3. The minimum atomic E-state index is -0.648. The van der Waals surface area contributed by atoms with Crippen LogP contribution in [0.5, 0.6) is 5.88 Å². The maximum atomic E-state index is 12.2. The molecule has 0 spiro atoms. The summed E-state index contributed by atoms with van der Waals surface area (Å²) in [6.07, 6.45) is 2.25. The van der Waals surface area contributed by atoms with Crippen LogP contribution in [0.1, 0.15) is 30.0 Å². The van der Waals surface area contributed by atoms with Gasteiger partial charge in [0.15, 0.2) is 5.88 Å². The van der Waals surface area contributed by atoms with E-state index in [2.05, 4.69) is 16.0 Å². The Hall–Kier alpha value is -3.81. The fraction of sp³-hybridized carbons (Fsp3) is 0.227. The van der Waals surface area contributed by atoms with E-state index in [-0.39, 0.29) is 30.8 Å². The van der Waals surface area contributed by atoms with Gasteiger partial charge in [-0.3, -0.25) is 14.9 Å². The van der Waals surface area contributed by atoms with Gasteiger partial charge in [-0.25, -0.2) is 4.79 Å². The Labute approximate surface area is 172 Å². The summed E-state index contributed by atoms with van der Waals surface area (Å²) in [5.41, 5.74) is 1.81. The van der Waals surface area contributed by atoms with Gasteiger partial charge in [0.2, 0.25) is 11.8 Å². The molecule has 4 N–H and O–H groups in total. The smallest absolute Gasteiger partial charge is 0.315 e. The Morgan fingerprint density at radius 2 is 1.80 bits per heavy atom. The number of carbonyl (C=O) groups excluding carboxylic acids is 3. The number of nitrogens with zero attached hydrogens (tertiary/aromatic N) is 1. The van der Waals surface area contributed by atoms with Crippen molar-refractivity contribution in [2.45, 2.75) is 32.0 Å². The van der Waals surface area contributed by atoms with Gasteiger partial charge in [-0.05, 0) is 23.6 Å². The first-order chi connectivity index (χ1) is 14.5. The van der Waals surface area contributed by atoms with Crippen LogP contribution in [0, 0.1) is 0 Å². The molecule has 1 aromatic heterocycles. The molecule has 2 aromatic carbocycles. The van der Waals surface area contributed by atoms with E-state index in [4.69, 9.17) is 0 Å². The van der Waals surface area contributed by atoms with E-state index >= 15 is 0 Å². The highest BCUT2D eigenvalue weighted by Crippen LogP contribution is 2.34. The largest absolute Gasteiger partial charge is 0.494 e. The van der Waals surface area contributed by atoms with Crippen molar-refractivity contribution < 1.29 is 19.5 Å². The third kappa shape index (κ3) is 3.98. The van der Waals surface area contributed by atoms with Crippen molar-refractivity contribution in [1.29, 1.82) is 0 Å². The average molecular weight is 406 g/mol. The van der Waals surface area contributed by atoms with Gasteiger partial charge in [0, 0.05) is 36.5 Å². The molecule has 0 saturated carbocycles. The Balaban J connectivity index is 1.47. The third-order valence-electron chi connectivity index (χ3n) is 5.23. The molecule has 1 aliphatic rings. The summed E-state index contributed by atoms with van der Waals surface area (Å²) in [5.74, 6) is -0.768. The molecule has 2 heterocycles. The Kier molecular flexibility index (Phi) is 5.38. The van der Waals surface area contributed by atoms with Crippen molar-refractivity contribution in [2.24, 2.45) is 0 Å². The summed E-state index contributed by atoms with van der Waals surface area (Å²) >= 11 is 0. The van der Waals surface area contributed by atoms with Crippen molar-refractivity contribution in [3.63, 3.8) is 0 Å². The van der Waals surface area contributed by atoms with Gasteiger partial charge in [0.25, 0.3) is 0 Å². The molecule has 0 aliphatic carbocycles. The number of piperidine rings is 1. The van der Waals surface area contributed by atoms with Crippen molar-refractivity contribution in [2.75, 3.05) is 0 Å². The fourth-order valence-electron chi connectivity index (χ4n) is 3.66. The SMILES string of the molecule is O=C1CCC(n2cc3c(CNC(=O)NCc4ccccc4)cccc3c2O)C(=O)N1. The minimum absolute atomic E-state index is 0.0325. The van der Waals surface area contributed by atoms with Crippen LogP contribution in [-0.2, 0) is 22.7 Å². The summed E-state index contributed by atoms with van der Waals surface area (Å²) < 4.78 is 1.49. The van der Waals surface area contributed by atoms with Crippen LogP contribution in [0.25, 0.3) is 10.8 Å². The number of hydrogen-bond acceptors (Lipinski definition) is 4. The number of imide groups is 1. The van der Waals surface area contributed by atoms with Crippen LogP contribution in [-0.4, -0.2) is 27.5 Å². The first-order valence-electron chi connectivity index (χ1n) is 9.73. The Bertz CT molecular complexity index is 1110. The van der Waals surface area contributed by atoms with Gasteiger partial charge >= 0.3 is 6.03 Å². The lowest BCUT2D eigenvalue weighted by Crippen LogP contribution is -2.41. The van der Waals surface area contributed by atoms with E-state index in [9.17, 15) is 19.5 Å². The van der Waals surface area contributed by atoms with Gasteiger partial charge in [-0.2, -0.15) is 0 Å². The molecular weight excluding hydrogens is 384 g/mol. The molecule has 30 heavy (non-hydrogen) atoms. The normalized spacial score (nSPS) is 16.3. The predicted molar refractivity (Wildman–Crippen MR) is 111 cm³/mol. The van der Waals surface area contributed by atoms with Crippen molar-refractivity contribution >= 4 is 28.6 Å². The molecule has 4 amide bonds. The molecule has 0 bridgehead atoms. The fourth-order valence-corrected chi connectivity index (χ4v) is 3.66. The number of fused-ring (bicyclic) bond motifs is 1. The van der Waals surface area contributed by atoms with E-state index in [0.717, 1.165) is 16.5 Å². The summed E-state index contributed by atoms with van der Waals surface area (Å²) in [7, 11) is 0. The second-order valence-corrected chi connectivity index (χ2v) is 7.23. The number of rotatable bonds is 5. The lowest BCUT2D eigenvalue weighted by Gasteiger charge is -2.22. The highest BCUT2D eigenvalue weighted by Gasteiger charge is 2.30. The molecule has 1 saturated heterocycles. The number of aromatic hydroxyl groups is 1. The molecule has 1 unspecified atom stereocenters. The van der Waals surface area contributed by atoms with E-state index < -0.39 is 11.9 Å². The summed E-state index contributed by atoms with van der Waals surface area (Å²) in [5, 5.41) is 19.9. The van der Waals surface area contributed by atoms with Gasteiger partial charge in [-0.15, -0.1) is 0 Å². The topological polar surface area (TPSA) is 112 Å². The second kappa shape index (κ2) is 8.28. The van der Waals surface area contributed by atoms with Gasteiger partial charge in [0.05, 0.1) is 0 Å². The van der Waals surface area contributed by atoms with Crippen molar-refractivity contribution in [3.05, 3.63) is 65.9 Å². The maximum Gasteiger partial charge on any atom is 0.315 e. The number of benzene rings is 2. The van der Waals surface area contributed by atoms with Crippen molar-refractivity contribution in [1.82, 2.24) is 20.5 Å². The minimum Gasteiger partial charge on any atom is -0.494 e. The first kappa shape index (κ1) is 19.5. The lowest BCUT2D eigenvalue weighted by atomic mass is 10.1. The van der Waals surface area contributed by atoms with Crippen LogP contribution < -0.4 is 16.0 Å². The molecule has 8 nitrogen and oxygen atoms in total. The van der Waals surface area contributed by atoms with Gasteiger partial charge < -0.3 is 20.3 Å². The lowest BCUT2D eigenvalue weighted by molar-refractivity contribution is -0.135. The molecule has 1 fully saturated rings. The average Bonchev–Trinajstić information content (AvgIpc) is 3.08. The molecule has 4 rings (SSSR count). The zero-order chi connectivity index (χ0) is 21.1. The molecule has 0 radical (unpaired) electrons. The summed E-state index contributed by atoms with van der Waals surface area (Å²) in [6, 6.07) is 14.1. The summed E-state index contributed by atoms with van der Waals surface area (Å²) in [6.45, 7) is 0.681. The molecular formula is C22H22N4O4. The first-order valence-corrected chi connectivity index (χ1v) is 9.73. The number of aromatic nitrogens is 1. The van der Waals surface area contributed by atoms with E-state index in [1.165, 1.54) is 4.57 Å². The zero-order valence-electron chi connectivity index (χ0n) is 16.2. The van der Waals surface area contributed by atoms with Crippen LogP contribution >= 0.6 is 0 Å². The Morgan fingerprint density at radius 1 is 1.03 bits per heavy atom. The highest BCUT2D eigenvalue weighted by molar-refractivity contribution is 6.00. The van der Waals surface area contributed by atoms with E-state index in [1.807, 2.05) is 36.4 Å².